The summed E-state index contributed by atoms with van der Waals surface area (Å²) in [7, 11) is 0. The van der Waals surface area contributed by atoms with E-state index in [2.05, 4.69) is 26.1 Å². The summed E-state index contributed by atoms with van der Waals surface area (Å²) in [6.45, 7) is 18.9. The highest BCUT2D eigenvalue weighted by atomic mass is 16.6. The second-order valence-electron chi connectivity index (χ2n) is 7.83. The molecule has 4 heteroatoms. The van der Waals surface area contributed by atoms with Crippen LogP contribution in [-0.4, -0.2) is 42.3 Å². The van der Waals surface area contributed by atoms with E-state index >= 15 is 0 Å². The number of nitrogens with zero attached hydrogens (tertiary/aromatic N) is 1. The third-order valence-electron chi connectivity index (χ3n) is 2.83. The molecule has 0 radical (unpaired) electrons. The molecule has 0 aromatic rings. The third kappa shape index (κ3) is 10.1. The van der Waals surface area contributed by atoms with Crippen LogP contribution in [0.15, 0.2) is 0 Å². The van der Waals surface area contributed by atoms with Gasteiger partial charge in [-0.1, -0.05) is 20.8 Å². The first-order valence-corrected chi connectivity index (χ1v) is 7.63. The van der Waals surface area contributed by atoms with E-state index in [0.717, 1.165) is 19.5 Å². The molecule has 0 bridgehead atoms. The smallest absolute Gasteiger partial charge is 0.410 e. The normalized spacial score (nSPS) is 12.7. The Morgan fingerprint density at radius 3 is 2.05 bits per heavy atom. The van der Waals surface area contributed by atoms with Crippen molar-refractivity contribution in [3.63, 3.8) is 0 Å². The van der Waals surface area contributed by atoms with Crippen molar-refractivity contribution in [1.82, 2.24) is 10.2 Å². The van der Waals surface area contributed by atoms with E-state index < -0.39 is 5.60 Å². The highest BCUT2D eigenvalue weighted by molar-refractivity contribution is 5.68. The van der Waals surface area contributed by atoms with Gasteiger partial charge in [0.1, 0.15) is 5.60 Å². The van der Waals surface area contributed by atoms with Crippen molar-refractivity contribution in [3.8, 4) is 0 Å². The van der Waals surface area contributed by atoms with Crippen LogP contribution in [0.3, 0.4) is 0 Å². The Hall–Kier alpha value is -0.770. The zero-order chi connectivity index (χ0) is 16.0. The average molecular weight is 286 g/mol. The summed E-state index contributed by atoms with van der Waals surface area (Å²) in [5.74, 6) is 0. The molecule has 20 heavy (non-hydrogen) atoms. The van der Waals surface area contributed by atoms with Crippen molar-refractivity contribution < 1.29 is 9.53 Å². The van der Waals surface area contributed by atoms with Gasteiger partial charge in [0.2, 0.25) is 0 Å². The zero-order valence-corrected chi connectivity index (χ0v) is 14.7. The van der Waals surface area contributed by atoms with Crippen molar-refractivity contribution in [2.75, 3.05) is 19.6 Å². The molecule has 1 amide bonds. The molecular formula is C16H34N2O2. The van der Waals surface area contributed by atoms with Crippen LogP contribution in [0.2, 0.25) is 0 Å². The maximum Gasteiger partial charge on any atom is 0.410 e. The highest BCUT2D eigenvalue weighted by Crippen LogP contribution is 2.17. The first-order chi connectivity index (χ1) is 8.92. The Morgan fingerprint density at radius 1 is 1.10 bits per heavy atom. The highest BCUT2D eigenvalue weighted by Gasteiger charge is 2.23. The largest absolute Gasteiger partial charge is 0.444 e. The van der Waals surface area contributed by atoms with Crippen LogP contribution in [0.4, 0.5) is 4.79 Å². The Morgan fingerprint density at radius 2 is 1.65 bits per heavy atom. The second-order valence-corrected chi connectivity index (χ2v) is 7.83. The molecule has 0 saturated heterocycles. The summed E-state index contributed by atoms with van der Waals surface area (Å²) in [5.41, 5.74) is -0.0974. The van der Waals surface area contributed by atoms with Gasteiger partial charge in [0, 0.05) is 19.1 Å². The number of carbonyl (C=O) groups is 1. The molecule has 0 rings (SSSR count). The van der Waals surface area contributed by atoms with E-state index in [1.54, 1.807) is 4.90 Å². The molecule has 0 fully saturated rings. The number of carbonyl (C=O) groups excluding carboxylic acids is 1. The lowest BCUT2D eigenvalue weighted by Gasteiger charge is -2.30. The summed E-state index contributed by atoms with van der Waals surface area (Å²) in [6, 6.07) is 0.147. The number of ether oxygens (including phenoxy) is 1. The lowest BCUT2D eigenvalue weighted by molar-refractivity contribution is 0.0193. The molecule has 0 atom stereocenters. The summed E-state index contributed by atoms with van der Waals surface area (Å²) in [4.78, 5) is 13.9. The van der Waals surface area contributed by atoms with E-state index in [1.165, 1.54) is 0 Å². The van der Waals surface area contributed by atoms with E-state index in [-0.39, 0.29) is 12.1 Å². The molecule has 0 heterocycles. The van der Waals surface area contributed by atoms with Gasteiger partial charge in [0.25, 0.3) is 0 Å². The lowest BCUT2D eigenvalue weighted by Crippen LogP contribution is -2.44. The van der Waals surface area contributed by atoms with Gasteiger partial charge in [-0.15, -0.1) is 0 Å². The first kappa shape index (κ1) is 19.2. The average Bonchev–Trinajstić information content (AvgIpc) is 2.17. The molecule has 0 unspecified atom stereocenters. The third-order valence-corrected chi connectivity index (χ3v) is 2.83. The van der Waals surface area contributed by atoms with Crippen LogP contribution in [0.1, 0.15) is 61.8 Å². The maximum atomic E-state index is 12.1. The van der Waals surface area contributed by atoms with Gasteiger partial charge in [-0.3, -0.25) is 0 Å². The molecule has 0 aliphatic rings. The minimum absolute atomic E-state index is 0.147. The summed E-state index contributed by atoms with van der Waals surface area (Å²) in [6.07, 6.45) is 0.895. The Bertz CT molecular complexity index is 288. The predicted octanol–water partition coefficient (Wildman–Crippen LogP) is 3.66. The first-order valence-electron chi connectivity index (χ1n) is 7.63. The predicted molar refractivity (Wildman–Crippen MR) is 85.0 cm³/mol. The number of rotatable bonds is 6. The van der Waals surface area contributed by atoms with Gasteiger partial charge in [-0.05, 0) is 53.0 Å². The standard InChI is InChI=1S/C16H34N2O2/c1-13(2)18(14(19)20-16(6,7)8)12-11-17-10-9-15(3,4)5/h13,17H,9-12H2,1-8H3. The fourth-order valence-electron chi connectivity index (χ4n) is 1.67. The molecular weight excluding hydrogens is 252 g/mol. The van der Waals surface area contributed by atoms with Crippen LogP contribution in [-0.2, 0) is 4.74 Å². The van der Waals surface area contributed by atoms with Gasteiger partial charge < -0.3 is 15.0 Å². The van der Waals surface area contributed by atoms with Gasteiger partial charge in [0.05, 0.1) is 0 Å². The van der Waals surface area contributed by atoms with Gasteiger partial charge in [-0.25, -0.2) is 4.79 Å². The van der Waals surface area contributed by atoms with E-state index in [1.807, 2.05) is 34.6 Å². The number of amides is 1. The SMILES string of the molecule is CC(C)N(CCNCCC(C)(C)C)C(=O)OC(C)(C)C. The van der Waals surface area contributed by atoms with Crippen molar-refractivity contribution in [2.45, 2.75) is 73.5 Å². The molecule has 0 spiro atoms. The fraction of sp³-hybridized carbons (Fsp3) is 0.938. The van der Waals surface area contributed by atoms with E-state index in [9.17, 15) is 4.79 Å². The zero-order valence-electron chi connectivity index (χ0n) is 14.7. The summed E-state index contributed by atoms with van der Waals surface area (Å²) >= 11 is 0. The van der Waals surface area contributed by atoms with Crippen LogP contribution in [0.5, 0.6) is 0 Å². The van der Waals surface area contributed by atoms with Gasteiger partial charge in [-0.2, -0.15) is 0 Å². The van der Waals surface area contributed by atoms with Crippen LogP contribution < -0.4 is 5.32 Å². The van der Waals surface area contributed by atoms with Crippen LogP contribution in [0.25, 0.3) is 0 Å². The quantitative estimate of drug-likeness (QED) is 0.758. The summed E-state index contributed by atoms with van der Waals surface area (Å²) < 4.78 is 5.43. The number of hydrogen-bond donors (Lipinski definition) is 1. The topological polar surface area (TPSA) is 41.6 Å². The fourth-order valence-corrected chi connectivity index (χ4v) is 1.67. The minimum atomic E-state index is -0.441. The van der Waals surface area contributed by atoms with Crippen molar-refractivity contribution in [3.05, 3.63) is 0 Å². The number of hydrogen-bond acceptors (Lipinski definition) is 3. The lowest BCUT2D eigenvalue weighted by atomic mass is 9.92. The van der Waals surface area contributed by atoms with Gasteiger partial charge >= 0.3 is 6.09 Å². The Labute approximate surface area is 125 Å². The van der Waals surface area contributed by atoms with E-state index in [0.29, 0.717) is 12.0 Å². The molecule has 1 N–H and O–H groups in total. The van der Waals surface area contributed by atoms with Crippen molar-refractivity contribution >= 4 is 6.09 Å². The molecule has 0 saturated carbocycles. The summed E-state index contributed by atoms with van der Waals surface area (Å²) in [5, 5.41) is 3.40. The molecule has 0 aromatic carbocycles. The molecule has 0 aliphatic heterocycles. The molecule has 0 aromatic heterocycles. The van der Waals surface area contributed by atoms with E-state index in [4.69, 9.17) is 4.74 Å². The Balaban J connectivity index is 4.13. The number of nitrogens with one attached hydrogen (secondary N) is 1. The molecule has 0 aliphatic carbocycles. The maximum absolute atomic E-state index is 12.1. The van der Waals surface area contributed by atoms with Crippen LogP contribution >= 0.6 is 0 Å². The van der Waals surface area contributed by atoms with Crippen LogP contribution in [0, 0.1) is 5.41 Å². The van der Waals surface area contributed by atoms with Crippen molar-refractivity contribution in [1.29, 1.82) is 0 Å². The van der Waals surface area contributed by atoms with Gasteiger partial charge in [0.15, 0.2) is 0 Å². The molecule has 4 nitrogen and oxygen atoms in total. The van der Waals surface area contributed by atoms with Crippen molar-refractivity contribution in [2.24, 2.45) is 5.41 Å². The second kappa shape index (κ2) is 7.87. The Kier molecular flexibility index (Phi) is 7.56. The monoisotopic (exact) mass is 286 g/mol. The molecule has 120 valence electrons. The minimum Gasteiger partial charge on any atom is -0.444 e.